The number of hydrogen-bond donors (Lipinski definition) is 2. The van der Waals surface area contributed by atoms with Crippen molar-refractivity contribution in [3.8, 4) is 0 Å². The van der Waals surface area contributed by atoms with Gasteiger partial charge in [-0.05, 0) is 55.6 Å². The molecule has 0 saturated heterocycles. The van der Waals surface area contributed by atoms with E-state index < -0.39 is 0 Å². The molecule has 0 spiro atoms. The van der Waals surface area contributed by atoms with Crippen molar-refractivity contribution in [1.29, 1.82) is 0 Å². The number of carbonyl (C=O) groups is 2. The molecule has 0 aliphatic heterocycles. The molecule has 2 aliphatic carbocycles. The number of allylic oxidation sites excluding steroid dienone is 2. The molecular weight excluding hydrogens is 296 g/mol. The first-order valence-corrected chi connectivity index (χ1v) is 8.81. The highest BCUT2D eigenvalue weighted by Crippen LogP contribution is 2.32. The van der Waals surface area contributed by atoms with Gasteiger partial charge in [-0.1, -0.05) is 19.1 Å². The van der Waals surface area contributed by atoms with Crippen LogP contribution in [0, 0.1) is 11.8 Å². The van der Waals surface area contributed by atoms with Gasteiger partial charge in [-0.2, -0.15) is 0 Å². The molecule has 1 aromatic heterocycles. The van der Waals surface area contributed by atoms with Crippen molar-refractivity contribution in [3.05, 3.63) is 33.5 Å². The fraction of sp³-hybridized carbons (Fsp3) is 0.529. The standard InChI is InChI=1S/C17H22N2O2S/c1-11-6-7-14-13(8-11)10-15(22-14)17(21)19-18-16(20)9-12-4-2-3-5-12/h2,4,10-12H,3,5-9H2,1H3,(H,18,20)(H,19,21)/t11-,12+/m1/s1. The monoisotopic (exact) mass is 318 g/mol. The Morgan fingerprint density at radius 2 is 2.18 bits per heavy atom. The van der Waals surface area contributed by atoms with Gasteiger partial charge in [0.15, 0.2) is 0 Å². The lowest BCUT2D eigenvalue weighted by Gasteiger charge is -2.16. The molecule has 4 nitrogen and oxygen atoms in total. The predicted octanol–water partition coefficient (Wildman–Crippen LogP) is 2.99. The van der Waals surface area contributed by atoms with Crippen LogP contribution in [0.1, 0.15) is 52.7 Å². The van der Waals surface area contributed by atoms with Crippen LogP contribution in [0.3, 0.4) is 0 Å². The van der Waals surface area contributed by atoms with Gasteiger partial charge in [0.2, 0.25) is 5.91 Å². The lowest BCUT2D eigenvalue weighted by atomic mass is 9.90. The number of thiophene rings is 1. The Balaban J connectivity index is 1.51. The third-order valence-electron chi connectivity index (χ3n) is 4.43. The number of hydrogen-bond acceptors (Lipinski definition) is 3. The summed E-state index contributed by atoms with van der Waals surface area (Å²) in [6.45, 7) is 2.25. The molecule has 22 heavy (non-hydrogen) atoms. The lowest BCUT2D eigenvalue weighted by molar-refractivity contribution is -0.122. The fourth-order valence-corrected chi connectivity index (χ4v) is 4.26. The van der Waals surface area contributed by atoms with E-state index in [4.69, 9.17) is 0 Å². The van der Waals surface area contributed by atoms with Crippen molar-refractivity contribution in [1.82, 2.24) is 10.9 Å². The molecule has 1 aromatic rings. The molecule has 5 heteroatoms. The summed E-state index contributed by atoms with van der Waals surface area (Å²) >= 11 is 1.56. The molecule has 0 fully saturated rings. The Bertz CT molecular complexity index is 606. The first-order chi connectivity index (χ1) is 10.6. The predicted molar refractivity (Wildman–Crippen MR) is 87.6 cm³/mol. The highest BCUT2D eigenvalue weighted by molar-refractivity contribution is 7.14. The number of hydrazine groups is 1. The van der Waals surface area contributed by atoms with Gasteiger partial charge in [-0.15, -0.1) is 11.3 Å². The number of rotatable bonds is 3. The van der Waals surface area contributed by atoms with E-state index in [1.165, 1.54) is 16.9 Å². The minimum absolute atomic E-state index is 0.125. The molecular formula is C17H22N2O2S. The molecule has 118 valence electrons. The maximum absolute atomic E-state index is 12.2. The van der Waals surface area contributed by atoms with E-state index in [-0.39, 0.29) is 11.8 Å². The second-order valence-corrected chi connectivity index (χ2v) is 7.52. The molecule has 2 amide bonds. The third kappa shape index (κ3) is 3.58. The Morgan fingerprint density at radius 1 is 1.32 bits per heavy atom. The summed E-state index contributed by atoms with van der Waals surface area (Å²) in [5.41, 5.74) is 6.37. The third-order valence-corrected chi connectivity index (χ3v) is 5.66. The summed E-state index contributed by atoms with van der Waals surface area (Å²) in [5, 5.41) is 0. The van der Waals surface area contributed by atoms with Crippen LogP contribution >= 0.6 is 11.3 Å². The van der Waals surface area contributed by atoms with Crippen LogP contribution in [0.25, 0.3) is 0 Å². The number of fused-ring (bicyclic) bond motifs is 1. The van der Waals surface area contributed by atoms with Crippen LogP contribution in [0.5, 0.6) is 0 Å². The fourth-order valence-electron chi connectivity index (χ4n) is 3.16. The van der Waals surface area contributed by atoms with E-state index in [2.05, 4.69) is 29.9 Å². The number of amides is 2. The zero-order valence-corrected chi connectivity index (χ0v) is 13.7. The SMILES string of the molecule is C[C@@H]1CCc2sc(C(=O)NNC(=O)C[C@H]3C=CCC3)cc2C1. The first kappa shape index (κ1) is 15.3. The average molecular weight is 318 g/mol. The maximum Gasteiger partial charge on any atom is 0.279 e. The topological polar surface area (TPSA) is 58.2 Å². The molecule has 0 bridgehead atoms. The van der Waals surface area contributed by atoms with Crippen LogP contribution in [-0.2, 0) is 17.6 Å². The van der Waals surface area contributed by atoms with Crippen LogP contribution in [0.15, 0.2) is 18.2 Å². The van der Waals surface area contributed by atoms with Crippen LogP contribution in [0.2, 0.25) is 0 Å². The largest absolute Gasteiger partial charge is 0.279 e. The summed E-state index contributed by atoms with van der Waals surface area (Å²) in [5.74, 6) is 0.673. The first-order valence-electron chi connectivity index (χ1n) is 7.99. The summed E-state index contributed by atoms with van der Waals surface area (Å²) in [6, 6.07) is 1.98. The molecule has 2 N–H and O–H groups in total. The Kier molecular flexibility index (Phi) is 4.62. The van der Waals surface area contributed by atoms with E-state index in [1.807, 2.05) is 6.07 Å². The summed E-state index contributed by atoms with van der Waals surface area (Å²) < 4.78 is 0. The van der Waals surface area contributed by atoms with Crippen molar-refractivity contribution in [2.45, 2.75) is 45.4 Å². The zero-order chi connectivity index (χ0) is 15.5. The van der Waals surface area contributed by atoms with Gasteiger partial charge in [0.25, 0.3) is 5.91 Å². The van der Waals surface area contributed by atoms with Crippen LogP contribution in [0.4, 0.5) is 0 Å². The number of nitrogens with one attached hydrogen (secondary N) is 2. The second kappa shape index (κ2) is 6.65. The smallest absolute Gasteiger partial charge is 0.273 e. The van der Waals surface area contributed by atoms with Gasteiger partial charge >= 0.3 is 0 Å². The van der Waals surface area contributed by atoms with Crippen molar-refractivity contribution >= 4 is 23.2 Å². The Morgan fingerprint density at radius 3 is 2.95 bits per heavy atom. The van der Waals surface area contributed by atoms with Gasteiger partial charge in [0, 0.05) is 11.3 Å². The van der Waals surface area contributed by atoms with Gasteiger partial charge in [-0.25, -0.2) is 0 Å². The van der Waals surface area contributed by atoms with E-state index >= 15 is 0 Å². The molecule has 0 unspecified atom stereocenters. The van der Waals surface area contributed by atoms with Crippen LogP contribution in [-0.4, -0.2) is 11.8 Å². The summed E-state index contributed by atoms with van der Waals surface area (Å²) in [7, 11) is 0. The van der Waals surface area contributed by atoms with Crippen LogP contribution < -0.4 is 10.9 Å². The van der Waals surface area contributed by atoms with E-state index in [9.17, 15) is 9.59 Å². The minimum atomic E-state index is -0.206. The normalized spacial score (nSPS) is 23.1. The van der Waals surface area contributed by atoms with E-state index in [0.717, 1.165) is 25.7 Å². The lowest BCUT2D eigenvalue weighted by Crippen LogP contribution is -2.41. The average Bonchev–Trinajstić information content (AvgIpc) is 3.13. The van der Waals surface area contributed by atoms with Crippen molar-refractivity contribution in [3.63, 3.8) is 0 Å². The van der Waals surface area contributed by atoms with E-state index in [0.29, 0.717) is 23.1 Å². The summed E-state index contributed by atoms with van der Waals surface area (Å²) in [6.07, 6.45) is 10.0. The Hall–Kier alpha value is -1.62. The highest BCUT2D eigenvalue weighted by atomic mass is 32.1. The summed E-state index contributed by atoms with van der Waals surface area (Å²) in [4.78, 5) is 26.0. The number of aryl methyl sites for hydroxylation is 1. The molecule has 0 saturated carbocycles. The molecule has 1 heterocycles. The van der Waals surface area contributed by atoms with Gasteiger partial charge in [0.05, 0.1) is 4.88 Å². The van der Waals surface area contributed by atoms with E-state index in [1.54, 1.807) is 11.3 Å². The van der Waals surface area contributed by atoms with Crippen molar-refractivity contribution in [2.75, 3.05) is 0 Å². The highest BCUT2D eigenvalue weighted by Gasteiger charge is 2.21. The van der Waals surface area contributed by atoms with Crippen molar-refractivity contribution < 1.29 is 9.59 Å². The minimum Gasteiger partial charge on any atom is -0.273 e. The van der Waals surface area contributed by atoms with Crippen molar-refractivity contribution in [2.24, 2.45) is 11.8 Å². The van der Waals surface area contributed by atoms with Gasteiger partial charge < -0.3 is 0 Å². The quantitative estimate of drug-likeness (QED) is 0.665. The molecule has 0 radical (unpaired) electrons. The maximum atomic E-state index is 12.2. The zero-order valence-electron chi connectivity index (χ0n) is 12.9. The molecule has 0 aromatic carbocycles. The van der Waals surface area contributed by atoms with Gasteiger partial charge in [-0.3, -0.25) is 20.4 Å². The molecule has 2 atom stereocenters. The van der Waals surface area contributed by atoms with Gasteiger partial charge in [0.1, 0.15) is 0 Å². The molecule has 2 aliphatic rings. The number of carbonyl (C=O) groups excluding carboxylic acids is 2. The second-order valence-electron chi connectivity index (χ2n) is 6.38. The molecule has 3 rings (SSSR count). The Labute approximate surface area is 135 Å².